The van der Waals surface area contributed by atoms with Gasteiger partial charge in [-0.1, -0.05) is 44.6 Å². The van der Waals surface area contributed by atoms with E-state index in [9.17, 15) is 42.8 Å². The predicted molar refractivity (Wildman–Crippen MR) is 288 cm³/mol. The Morgan fingerprint density at radius 2 is 1.63 bits per heavy atom. The van der Waals surface area contributed by atoms with Gasteiger partial charge in [-0.2, -0.15) is 10.4 Å². The van der Waals surface area contributed by atoms with Crippen LogP contribution < -0.4 is 30.3 Å². The number of rotatable bonds is 23. The lowest BCUT2D eigenvalue weighted by Gasteiger charge is -2.46. The first kappa shape index (κ1) is 55.8. The molecule has 6 amide bonds. The van der Waals surface area contributed by atoms with Crippen molar-refractivity contribution >= 4 is 46.8 Å². The summed E-state index contributed by atoms with van der Waals surface area (Å²) in [6, 6.07) is 15.2. The molecule has 3 saturated heterocycles. The molecule has 79 heavy (non-hydrogen) atoms. The molecule has 7 heterocycles. The van der Waals surface area contributed by atoms with E-state index in [0.29, 0.717) is 112 Å². The maximum Gasteiger partial charge on any atom is 0.257 e. The van der Waals surface area contributed by atoms with Crippen LogP contribution >= 0.6 is 0 Å². The van der Waals surface area contributed by atoms with E-state index < -0.39 is 35.0 Å². The zero-order valence-electron chi connectivity index (χ0n) is 44.6. The fourth-order valence-electron chi connectivity index (χ4n) is 11.2. The number of aromatic nitrogens is 3. The highest BCUT2D eigenvalue weighted by Crippen LogP contribution is 2.35. The number of fused-ring (bicyclic) bond motifs is 2. The quantitative estimate of drug-likeness (QED) is 0.0482. The van der Waals surface area contributed by atoms with E-state index in [1.807, 2.05) is 30.0 Å². The second-order valence-corrected chi connectivity index (χ2v) is 20.8. The van der Waals surface area contributed by atoms with E-state index in [-0.39, 0.29) is 55.2 Å². The maximum atomic E-state index is 14.9. The van der Waals surface area contributed by atoms with Crippen LogP contribution in [0.2, 0.25) is 0 Å². The molecule has 0 spiro atoms. The Morgan fingerprint density at radius 1 is 0.873 bits per heavy atom. The number of piperazine rings is 1. The Balaban J connectivity index is 0.669. The second kappa shape index (κ2) is 25.7. The number of hydrogen-bond acceptors (Lipinski definition) is 13. The van der Waals surface area contributed by atoms with Crippen molar-refractivity contribution in [2.75, 3.05) is 70.5 Å². The molecule has 21 heteroatoms. The molecule has 416 valence electrons. The first-order valence-corrected chi connectivity index (χ1v) is 27.5. The van der Waals surface area contributed by atoms with Gasteiger partial charge in [0.15, 0.2) is 6.61 Å². The van der Waals surface area contributed by atoms with Gasteiger partial charge in [0.25, 0.3) is 17.7 Å². The number of amides is 6. The van der Waals surface area contributed by atoms with Gasteiger partial charge in [-0.3, -0.25) is 39.0 Å². The number of benzene rings is 2. The molecular formula is C58H67F2N11O8. The number of anilines is 1. The lowest BCUT2D eigenvalue weighted by Crippen LogP contribution is -2.62. The minimum Gasteiger partial charge on any atom is -0.492 e. The molecule has 2 aromatic carbocycles. The van der Waals surface area contributed by atoms with Crippen LogP contribution in [0.1, 0.15) is 122 Å². The van der Waals surface area contributed by atoms with Crippen molar-refractivity contribution in [2.24, 2.45) is 0 Å². The molecule has 9 rings (SSSR count). The summed E-state index contributed by atoms with van der Waals surface area (Å²) >= 11 is 0. The van der Waals surface area contributed by atoms with Crippen molar-refractivity contribution in [3.63, 3.8) is 0 Å². The molecule has 5 aromatic rings. The standard InChI is InChI=1S/C58H67F2N11O8/c1-2-78-42-31-44(54-40(32-61)34-64-71(54)35-42)39-15-19-50(63-33-39)68-24-21-58(22-25-68,66-55(75)45-30-41(59)16-17-47(45)60)38-67-26-28-69(29-27-67)53(74)14-9-7-5-3-4-6-8-10-23-62-52(73)37-79-49-13-11-12-43-46(49)36-70(57(43)77)48-18-20-51(72)65-56(48)76/h11-13,15-17,19,30-31,33-35,48H,2-10,14,18,20-29,36-38H2,1H3,(H,62,73)(H,66,75)(H,65,72,76). The molecule has 3 aromatic heterocycles. The van der Waals surface area contributed by atoms with E-state index in [1.54, 1.807) is 35.1 Å². The Bertz CT molecular complexity index is 3090. The van der Waals surface area contributed by atoms with E-state index in [4.69, 9.17) is 14.5 Å². The van der Waals surface area contributed by atoms with Crippen molar-refractivity contribution in [3.8, 4) is 28.7 Å². The molecule has 4 aliphatic rings. The third-order valence-electron chi connectivity index (χ3n) is 15.5. The predicted octanol–water partition coefficient (Wildman–Crippen LogP) is 6.33. The zero-order valence-corrected chi connectivity index (χ0v) is 44.6. The molecule has 3 fully saturated rings. The van der Waals surface area contributed by atoms with Gasteiger partial charge in [-0.25, -0.2) is 18.3 Å². The normalized spacial score (nSPS) is 17.3. The monoisotopic (exact) mass is 1080 g/mol. The molecule has 1 atom stereocenters. The van der Waals surface area contributed by atoms with Crippen molar-refractivity contribution in [1.82, 2.24) is 45.2 Å². The Labute approximate surface area is 457 Å². The Kier molecular flexibility index (Phi) is 18.1. The van der Waals surface area contributed by atoms with E-state index in [1.165, 1.54) is 11.1 Å². The molecule has 3 N–H and O–H groups in total. The van der Waals surface area contributed by atoms with Crippen LogP contribution in [0.5, 0.6) is 11.5 Å². The number of nitriles is 1. The van der Waals surface area contributed by atoms with E-state index in [2.05, 4.69) is 36.9 Å². The zero-order chi connectivity index (χ0) is 55.5. The van der Waals surface area contributed by atoms with Crippen molar-refractivity contribution in [2.45, 2.75) is 109 Å². The summed E-state index contributed by atoms with van der Waals surface area (Å²) in [6.45, 7) is 6.69. The van der Waals surface area contributed by atoms with Gasteiger partial charge < -0.3 is 34.8 Å². The fraction of sp³-hybridized carbons (Fsp3) is 0.466. The SMILES string of the molecule is CCOc1cc(-c2ccc(N3CCC(CN4CCN(C(=O)CCCCCCCCCCNC(=O)COc5cccc6c5CN(C5CCC(=O)NC5=O)C6=O)CC4)(NC(=O)c4cc(F)ccc4F)CC3)nc2)c2c(C#N)cnn2c1. The summed E-state index contributed by atoms with van der Waals surface area (Å²) < 4.78 is 42.4. The van der Waals surface area contributed by atoms with Crippen molar-refractivity contribution in [3.05, 3.63) is 107 Å². The number of nitrogens with zero attached hydrogens (tertiary/aromatic N) is 8. The Hall–Kier alpha value is -7.99. The average molecular weight is 1080 g/mol. The van der Waals surface area contributed by atoms with Crippen LogP contribution in [0.3, 0.4) is 0 Å². The topological polar surface area (TPSA) is 224 Å². The van der Waals surface area contributed by atoms with Gasteiger partial charge in [0, 0.05) is 93.7 Å². The second-order valence-electron chi connectivity index (χ2n) is 20.8. The summed E-state index contributed by atoms with van der Waals surface area (Å²) in [7, 11) is 0. The summed E-state index contributed by atoms with van der Waals surface area (Å²) in [4.78, 5) is 89.3. The minimum atomic E-state index is -0.802. The first-order chi connectivity index (χ1) is 38.3. The summed E-state index contributed by atoms with van der Waals surface area (Å²) in [6.07, 6.45) is 14.7. The van der Waals surface area contributed by atoms with Gasteiger partial charge in [-0.05, 0) is 87.6 Å². The molecule has 19 nitrogen and oxygen atoms in total. The molecule has 0 saturated carbocycles. The number of hydrogen-bond donors (Lipinski definition) is 3. The van der Waals surface area contributed by atoms with E-state index in [0.717, 1.165) is 86.5 Å². The van der Waals surface area contributed by atoms with Crippen LogP contribution in [0.15, 0.2) is 73.2 Å². The number of nitrogens with one attached hydrogen (secondary N) is 3. The summed E-state index contributed by atoms with van der Waals surface area (Å²) in [5, 5.41) is 22.5. The van der Waals surface area contributed by atoms with Crippen molar-refractivity contribution < 1.29 is 47.0 Å². The number of carbonyl (C=O) groups excluding carboxylic acids is 6. The third kappa shape index (κ3) is 13.5. The van der Waals surface area contributed by atoms with Crippen LogP contribution in [0, 0.1) is 23.0 Å². The number of halogens is 2. The smallest absolute Gasteiger partial charge is 0.257 e. The van der Waals surface area contributed by atoms with Crippen LogP contribution in [0.25, 0.3) is 16.6 Å². The number of carbonyl (C=O) groups is 6. The lowest BCUT2D eigenvalue weighted by atomic mass is 9.86. The van der Waals surface area contributed by atoms with Crippen LogP contribution in [-0.2, 0) is 25.7 Å². The van der Waals surface area contributed by atoms with Gasteiger partial charge in [-0.15, -0.1) is 0 Å². The van der Waals surface area contributed by atoms with Crippen LogP contribution in [0.4, 0.5) is 14.6 Å². The molecular weight excluding hydrogens is 1020 g/mol. The molecule has 1 unspecified atom stereocenters. The fourth-order valence-corrected chi connectivity index (χ4v) is 11.2. The summed E-state index contributed by atoms with van der Waals surface area (Å²) in [5.74, 6) is -1.70. The number of imide groups is 1. The third-order valence-corrected chi connectivity index (χ3v) is 15.5. The molecule has 4 aliphatic heterocycles. The average Bonchev–Trinajstić information content (AvgIpc) is 4.06. The maximum absolute atomic E-state index is 14.9. The van der Waals surface area contributed by atoms with E-state index >= 15 is 0 Å². The largest absolute Gasteiger partial charge is 0.492 e. The first-order valence-electron chi connectivity index (χ1n) is 27.5. The highest BCUT2D eigenvalue weighted by molar-refractivity contribution is 6.05. The number of pyridine rings is 2. The number of ether oxygens (including phenoxy) is 2. The molecule has 0 aliphatic carbocycles. The minimum absolute atomic E-state index is 0.129. The van der Waals surface area contributed by atoms with Gasteiger partial charge >= 0.3 is 0 Å². The summed E-state index contributed by atoms with van der Waals surface area (Å²) in [5.41, 5.74) is 2.55. The lowest BCUT2D eigenvalue weighted by molar-refractivity contribution is -0.137. The van der Waals surface area contributed by atoms with Gasteiger partial charge in [0.1, 0.15) is 41.1 Å². The number of unbranched alkanes of at least 4 members (excludes halogenated alkanes) is 7. The molecule has 0 bridgehead atoms. The Morgan fingerprint density at radius 3 is 2.35 bits per heavy atom. The molecule has 0 radical (unpaired) electrons. The van der Waals surface area contributed by atoms with Crippen LogP contribution in [-0.4, -0.2) is 142 Å². The highest BCUT2D eigenvalue weighted by Gasteiger charge is 2.41. The number of piperidine rings is 2. The highest BCUT2D eigenvalue weighted by atomic mass is 19.1. The van der Waals surface area contributed by atoms with Gasteiger partial charge in [0.05, 0.1) is 47.7 Å². The van der Waals surface area contributed by atoms with Gasteiger partial charge in [0.2, 0.25) is 17.7 Å². The van der Waals surface area contributed by atoms with Crippen molar-refractivity contribution in [1.29, 1.82) is 5.26 Å².